The van der Waals surface area contributed by atoms with Crippen LogP contribution in [0.15, 0.2) is 35.5 Å². The summed E-state index contributed by atoms with van der Waals surface area (Å²) in [5.41, 5.74) is 2.08. The zero-order chi connectivity index (χ0) is 14.7. The lowest BCUT2D eigenvalue weighted by Crippen LogP contribution is -2.25. The Morgan fingerprint density at radius 1 is 1.38 bits per heavy atom. The highest BCUT2D eigenvalue weighted by Crippen LogP contribution is 2.25. The van der Waals surface area contributed by atoms with E-state index >= 15 is 0 Å². The fourth-order valence-electron chi connectivity index (χ4n) is 2.32. The second kappa shape index (κ2) is 5.82. The van der Waals surface area contributed by atoms with Crippen LogP contribution in [0.4, 0.5) is 5.69 Å². The van der Waals surface area contributed by atoms with E-state index < -0.39 is 10.0 Å². The van der Waals surface area contributed by atoms with Crippen molar-refractivity contribution in [3.63, 3.8) is 0 Å². The van der Waals surface area contributed by atoms with Gasteiger partial charge in [0.05, 0.1) is 11.1 Å². The van der Waals surface area contributed by atoms with Gasteiger partial charge >= 0.3 is 0 Å². The number of rotatable bonds is 6. The molecule has 1 aromatic carbocycles. The molecule has 2 N–H and O–H groups in total. The van der Waals surface area contributed by atoms with Gasteiger partial charge in [0.2, 0.25) is 10.0 Å². The van der Waals surface area contributed by atoms with Crippen molar-refractivity contribution in [3.05, 3.63) is 36.2 Å². The van der Waals surface area contributed by atoms with E-state index in [2.05, 4.69) is 20.4 Å². The summed E-state index contributed by atoms with van der Waals surface area (Å²) >= 11 is 0. The molecule has 0 atom stereocenters. The molecular weight excluding hydrogens is 290 g/mol. The largest absolute Gasteiger partial charge is 0.384 e. The molecule has 1 aromatic heterocycles. The maximum atomic E-state index is 12.2. The van der Waals surface area contributed by atoms with Crippen LogP contribution in [0, 0.1) is 0 Å². The summed E-state index contributed by atoms with van der Waals surface area (Å²) in [7, 11) is -3.46. The van der Waals surface area contributed by atoms with Gasteiger partial charge in [-0.1, -0.05) is 11.3 Å². The molecule has 1 aliphatic heterocycles. The second-order valence-corrected chi connectivity index (χ2v) is 6.68. The number of hydrogen-bond donors (Lipinski definition) is 2. The van der Waals surface area contributed by atoms with E-state index in [-0.39, 0.29) is 0 Å². The van der Waals surface area contributed by atoms with Crippen molar-refractivity contribution < 1.29 is 8.42 Å². The highest BCUT2D eigenvalue weighted by atomic mass is 32.2. The Hall–Kier alpha value is -1.93. The summed E-state index contributed by atoms with van der Waals surface area (Å²) in [5.74, 6) is 0. The molecule has 21 heavy (non-hydrogen) atoms. The van der Waals surface area contributed by atoms with Crippen LogP contribution >= 0.6 is 0 Å². The van der Waals surface area contributed by atoms with Gasteiger partial charge in [0.25, 0.3) is 0 Å². The van der Waals surface area contributed by atoms with Gasteiger partial charge in [0.15, 0.2) is 0 Å². The maximum Gasteiger partial charge on any atom is 0.240 e. The predicted octanol–water partition coefficient (Wildman–Crippen LogP) is 0.615. The number of nitrogens with one attached hydrogen (secondary N) is 2. The second-order valence-electron chi connectivity index (χ2n) is 4.91. The molecule has 2 heterocycles. The minimum absolute atomic E-state index is 0.302. The molecule has 0 spiro atoms. The van der Waals surface area contributed by atoms with Gasteiger partial charge in [-0.05, 0) is 30.5 Å². The van der Waals surface area contributed by atoms with Crippen molar-refractivity contribution in [2.45, 2.75) is 24.3 Å². The predicted molar refractivity (Wildman–Crippen MR) is 78.5 cm³/mol. The lowest BCUT2D eigenvalue weighted by atomic mass is 10.2. The Morgan fingerprint density at radius 2 is 2.29 bits per heavy atom. The number of benzene rings is 1. The third-order valence-corrected chi connectivity index (χ3v) is 4.89. The summed E-state index contributed by atoms with van der Waals surface area (Å²) in [6.07, 6.45) is 4.95. The van der Waals surface area contributed by atoms with Crippen molar-refractivity contribution in [3.8, 4) is 0 Å². The van der Waals surface area contributed by atoms with Crippen molar-refractivity contribution >= 4 is 15.7 Å². The van der Waals surface area contributed by atoms with Crippen LogP contribution in [-0.4, -0.2) is 36.5 Å². The first kappa shape index (κ1) is 14.0. The minimum Gasteiger partial charge on any atom is -0.384 e. The van der Waals surface area contributed by atoms with Crippen LogP contribution < -0.4 is 10.0 Å². The Kier molecular flexibility index (Phi) is 3.89. The van der Waals surface area contributed by atoms with Gasteiger partial charge < -0.3 is 5.32 Å². The van der Waals surface area contributed by atoms with Gasteiger partial charge in [-0.15, -0.1) is 5.10 Å². The summed E-state index contributed by atoms with van der Waals surface area (Å²) in [6, 6.07) is 5.23. The number of anilines is 1. The van der Waals surface area contributed by atoms with E-state index in [4.69, 9.17) is 0 Å². The number of aryl methyl sites for hydroxylation is 1. The van der Waals surface area contributed by atoms with Crippen LogP contribution in [0.2, 0.25) is 0 Å². The number of aromatic nitrogens is 3. The van der Waals surface area contributed by atoms with Crippen LogP contribution in [-0.2, 0) is 23.0 Å². The Morgan fingerprint density at radius 3 is 3.10 bits per heavy atom. The molecule has 8 heteroatoms. The lowest BCUT2D eigenvalue weighted by Gasteiger charge is -2.08. The zero-order valence-corrected chi connectivity index (χ0v) is 12.3. The number of fused-ring (bicyclic) bond motifs is 1. The third kappa shape index (κ3) is 3.22. The molecule has 0 radical (unpaired) electrons. The average molecular weight is 307 g/mol. The third-order valence-electron chi connectivity index (χ3n) is 3.43. The molecule has 0 saturated heterocycles. The van der Waals surface area contributed by atoms with E-state index in [0.29, 0.717) is 24.4 Å². The summed E-state index contributed by atoms with van der Waals surface area (Å²) in [6.45, 7) is 1.87. The van der Waals surface area contributed by atoms with Crippen molar-refractivity contribution in [1.82, 2.24) is 19.7 Å². The van der Waals surface area contributed by atoms with Gasteiger partial charge in [0.1, 0.15) is 0 Å². The Labute approximate surface area is 123 Å². The van der Waals surface area contributed by atoms with E-state index in [0.717, 1.165) is 18.7 Å². The smallest absolute Gasteiger partial charge is 0.240 e. The molecule has 112 valence electrons. The monoisotopic (exact) mass is 307 g/mol. The number of sulfonamides is 1. The van der Waals surface area contributed by atoms with Crippen LogP contribution in [0.1, 0.15) is 12.0 Å². The van der Waals surface area contributed by atoms with Crippen molar-refractivity contribution in [2.24, 2.45) is 0 Å². The molecule has 3 rings (SSSR count). The lowest BCUT2D eigenvalue weighted by molar-refractivity contribution is 0.542. The molecule has 2 aromatic rings. The van der Waals surface area contributed by atoms with Gasteiger partial charge in [-0.25, -0.2) is 13.1 Å². The van der Waals surface area contributed by atoms with Gasteiger partial charge in [0, 0.05) is 31.5 Å². The van der Waals surface area contributed by atoms with E-state index in [1.54, 1.807) is 29.2 Å². The Bertz CT molecular complexity index is 712. The fourth-order valence-corrected chi connectivity index (χ4v) is 3.42. The Balaban J connectivity index is 1.59. The molecule has 0 saturated carbocycles. The first-order chi connectivity index (χ1) is 10.1. The van der Waals surface area contributed by atoms with Crippen LogP contribution in [0.3, 0.4) is 0 Å². The highest BCUT2D eigenvalue weighted by Gasteiger charge is 2.17. The van der Waals surface area contributed by atoms with Gasteiger partial charge in [-0.2, -0.15) is 0 Å². The normalized spacial score (nSPS) is 13.9. The first-order valence-corrected chi connectivity index (χ1v) is 8.34. The molecule has 0 aliphatic carbocycles. The topological polar surface area (TPSA) is 88.9 Å². The molecule has 0 bridgehead atoms. The van der Waals surface area contributed by atoms with Crippen molar-refractivity contribution in [1.29, 1.82) is 0 Å². The van der Waals surface area contributed by atoms with Crippen molar-refractivity contribution in [2.75, 3.05) is 18.4 Å². The molecule has 0 unspecified atom stereocenters. The fraction of sp³-hybridized carbons (Fsp3) is 0.385. The summed E-state index contributed by atoms with van der Waals surface area (Å²) in [4.78, 5) is 0.302. The summed E-state index contributed by atoms with van der Waals surface area (Å²) in [5, 5.41) is 10.7. The first-order valence-electron chi connectivity index (χ1n) is 6.86. The molecule has 0 amide bonds. The van der Waals surface area contributed by atoms with Crippen LogP contribution in [0.25, 0.3) is 0 Å². The summed E-state index contributed by atoms with van der Waals surface area (Å²) < 4.78 is 28.7. The number of hydrogen-bond acceptors (Lipinski definition) is 5. The van der Waals surface area contributed by atoms with E-state index in [1.165, 1.54) is 5.56 Å². The van der Waals surface area contributed by atoms with E-state index in [1.807, 2.05) is 6.07 Å². The SMILES string of the molecule is O=S(=O)(NCCCn1ccnn1)c1ccc2c(c1)NCC2. The maximum absolute atomic E-state index is 12.2. The molecule has 1 aliphatic rings. The molecule has 7 nitrogen and oxygen atoms in total. The zero-order valence-electron chi connectivity index (χ0n) is 11.5. The average Bonchev–Trinajstić information content (AvgIpc) is 3.13. The standard InChI is InChI=1S/C13H17N5O2S/c19-21(20,16-5-1-8-18-9-7-15-17-18)12-3-2-11-4-6-14-13(11)10-12/h2-3,7,9-10,14,16H,1,4-6,8H2. The van der Waals surface area contributed by atoms with Gasteiger partial charge in [-0.3, -0.25) is 4.68 Å². The minimum atomic E-state index is -3.46. The van der Waals surface area contributed by atoms with E-state index in [9.17, 15) is 8.42 Å². The quantitative estimate of drug-likeness (QED) is 0.764. The molecular formula is C13H17N5O2S. The molecule has 0 fully saturated rings. The number of nitrogens with zero attached hydrogens (tertiary/aromatic N) is 3. The highest BCUT2D eigenvalue weighted by molar-refractivity contribution is 7.89. The van der Waals surface area contributed by atoms with Crippen LogP contribution in [0.5, 0.6) is 0 Å².